The van der Waals surface area contributed by atoms with Crippen molar-refractivity contribution in [3.8, 4) is 0 Å². The van der Waals surface area contributed by atoms with Gasteiger partial charge in [0.05, 0.1) is 6.10 Å². The molecule has 1 aromatic rings. The molecule has 2 unspecified atom stereocenters. The number of aliphatic hydroxyl groups excluding tert-OH is 1. The van der Waals surface area contributed by atoms with Crippen LogP contribution in [0.5, 0.6) is 0 Å². The zero-order valence-corrected chi connectivity index (χ0v) is 9.21. The van der Waals surface area contributed by atoms with Gasteiger partial charge in [0.25, 0.3) is 0 Å². The van der Waals surface area contributed by atoms with E-state index in [1.807, 2.05) is 18.3 Å². The van der Waals surface area contributed by atoms with E-state index in [0.717, 1.165) is 30.8 Å². The highest BCUT2D eigenvalue weighted by molar-refractivity contribution is 5.52. The predicted molar refractivity (Wildman–Crippen MR) is 62.5 cm³/mol. The number of aromatic nitrogens is 1. The molecule has 3 heteroatoms. The van der Waals surface area contributed by atoms with E-state index in [1.165, 1.54) is 6.42 Å². The van der Waals surface area contributed by atoms with Gasteiger partial charge in [-0.2, -0.15) is 0 Å². The molecule has 84 valence electrons. The fraction of sp³-hybridized carbons (Fsp3) is 0.462. The summed E-state index contributed by atoms with van der Waals surface area (Å²) >= 11 is 0. The molecule has 2 atom stereocenters. The molecule has 16 heavy (non-hydrogen) atoms. The number of hydrogen-bond donors (Lipinski definition) is 1. The average Bonchev–Trinajstić information content (AvgIpc) is 2.70. The van der Waals surface area contributed by atoms with Crippen LogP contribution in [-0.2, 0) is 0 Å². The first-order valence-corrected chi connectivity index (χ1v) is 5.87. The molecular formula is C13H16N2O. The third-order valence-electron chi connectivity index (χ3n) is 3.55. The van der Waals surface area contributed by atoms with Gasteiger partial charge in [0, 0.05) is 31.2 Å². The molecule has 0 radical (unpaired) electrons. The Balaban J connectivity index is 1.90. The van der Waals surface area contributed by atoms with Gasteiger partial charge in [-0.25, -0.2) is 0 Å². The van der Waals surface area contributed by atoms with Gasteiger partial charge in [-0.1, -0.05) is 6.07 Å². The van der Waals surface area contributed by atoms with Crippen LogP contribution in [0, 0.1) is 5.92 Å². The first kappa shape index (κ1) is 9.85. The molecule has 0 aromatic carbocycles. The molecule has 3 rings (SSSR count). The molecule has 0 saturated carbocycles. The van der Waals surface area contributed by atoms with Crippen LogP contribution in [0.1, 0.15) is 18.4 Å². The maximum Gasteiger partial charge on any atom is 0.0939 e. The summed E-state index contributed by atoms with van der Waals surface area (Å²) in [5.74, 6) is 0.695. The summed E-state index contributed by atoms with van der Waals surface area (Å²) in [4.78, 5) is 6.40. The molecular weight excluding hydrogens is 200 g/mol. The molecule has 2 aliphatic rings. The van der Waals surface area contributed by atoms with Crippen molar-refractivity contribution in [2.75, 3.05) is 13.1 Å². The minimum Gasteiger partial charge on any atom is -0.387 e. The van der Waals surface area contributed by atoms with Crippen molar-refractivity contribution in [2.45, 2.75) is 18.9 Å². The summed E-state index contributed by atoms with van der Waals surface area (Å²) in [6.07, 6.45) is 7.53. The standard InChI is InChI=1S/C13H16N2O/c16-13-7-11-3-5-15(9-11)12(13)6-10-2-1-4-14-8-10/h1-2,4,6,8,11,13,16H,3,5,7,9H2/b12-6-. The minimum atomic E-state index is -0.290. The normalized spacial score (nSPS) is 31.1. The summed E-state index contributed by atoms with van der Waals surface area (Å²) in [5, 5.41) is 10.1. The van der Waals surface area contributed by atoms with Gasteiger partial charge in [-0.15, -0.1) is 0 Å². The third kappa shape index (κ3) is 1.71. The molecule has 2 fully saturated rings. The number of hydrogen-bond acceptors (Lipinski definition) is 3. The third-order valence-corrected chi connectivity index (χ3v) is 3.55. The van der Waals surface area contributed by atoms with Crippen molar-refractivity contribution in [1.29, 1.82) is 0 Å². The first-order chi connectivity index (χ1) is 7.83. The van der Waals surface area contributed by atoms with Crippen LogP contribution in [0.4, 0.5) is 0 Å². The fourth-order valence-corrected chi connectivity index (χ4v) is 2.73. The van der Waals surface area contributed by atoms with E-state index in [1.54, 1.807) is 6.20 Å². The van der Waals surface area contributed by atoms with E-state index >= 15 is 0 Å². The van der Waals surface area contributed by atoms with Crippen LogP contribution in [0.15, 0.2) is 30.2 Å². The van der Waals surface area contributed by atoms with Gasteiger partial charge in [0.15, 0.2) is 0 Å². The fourth-order valence-electron chi connectivity index (χ4n) is 2.73. The van der Waals surface area contributed by atoms with E-state index < -0.39 is 0 Å². The number of fused-ring (bicyclic) bond motifs is 2. The molecule has 1 aromatic heterocycles. The Morgan fingerprint density at radius 2 is 2.44 bits per heavy atom. The molecule has 0 spiro atoms. The molecule has 2 aliphatic heterocycles. The molecule has 1 N–H and O–H groups in total. The molecule has 2 bridgehead atoms. The second-order valence-electron chi connectivity index (χ2n) is 4.71. The topological polar surface area (TPSA) is 36.4 Å². The zero-order chi connectivity index (χ0) is 11.0. The van der Waals surface area contributed by atoms with E-state index in [4.69, 9.17) is 0 Å². The second kappa shape index (κ2) is 3.91. The average molecular weight is 216 g/mol. The van der Waals surface area contributed by atoms with E-state index in [-0.39, 0.29) is 6.10 Å². The summed E-state index contributed by atoms with van der Waals surface area (Å²) in [6, 6.07) is 3.95. The zero-order valence-electron chi connectivity index (χ0n) is 9.21. The highest BCUT2D eigenvalue weighted by Gasteiger charge is 2.34. The van der Waals surface area contributed by atoms with Gasteiger partial charge < -0.3 is 10.0 Å². The smallest absolute Gasteiger partial charge is 0.0939 e. The van der Waals surface area contributed by atoms with E-state index in [9.17, 15) is 5.11 Å². The van der Waals surface area contributed by atoms with E-state index in [2.05, 4.69) is 16.0 Å². The Labute approximate surface area is 95.4 Å². The monoisotopic (exact) mass is 216 g/mol. The second-order valence-corrected chi connectivity index (χ2v) is 4.71. The van der Waals surface area contributed by atoms with Gasteiger partial charge in [-0.3, -0.25) is 4.98 Å². The lowest BCUT2D eigenvalue weighted by molar-refractivity contribution is 0.125. The van der Waals surface area contributed by atoms with Gasteiger partial charge in [-0.05, 0) is 36.5 Å². The Morgan fingerprint density at radius 1 is 1.50 bits per heavy atom. The number of piperidine rings is 1. The number of rotatable bonds is 1. The highest BCUT2D eigenvalue weighted by atomic mass is 16.3. The SMILES string of the molecule is OC1CC2CCN(C2)/C1=C\c1cccnc1. The minimum absolute atomic E-state index is 0.290. The maximum atomic E-state index is 10.1. The Hall–Kier alpha value is -1.35. The predicted octanol–water partition coefficient (Wildman–Crippen LogP) is 1.51. The highest BCUT2D eigenvalue weighted by Crippen LogP contribution is 2.34. The summed E-state index contributed by atoms with van der Waals surface area (Å²) < 4.78 is 0. The summed E-state index contributed by atoms with van der Waals surface area (Å²) in [5.41, 5.74) is 2.14. The Kier molecular flexibility index (Phi) is 2.40. The van der Waals surface area contributed by atoms with Gasteiger partial charge in [0.1, 0.15) is 0 Å². The lowest BCUT2D eigenvalue weighted by atomic mass is 9.96. The number of nitrogens with zero attached hydrogens (tertiary/aromatic N) is 2. The van der Waals surface area contributed by atoms with Crippen LogP contribution in [0.3, 0.4) is 0 Å². The maximum absolute atomic E-state index is 10.1. The van der Waals surface area contributed by atoms with Crippen LogP contribution in [0.25, 0.3) is 6.08 Å². The largest absolute Gasteiger partial charge is 0.387 e. The molecule has 3 nitrogen and oxygen atoms in total. The van der Waals surface area contributed by atoms with Crippen molar-refractivity contribution in [2.24, 2.45) is 5.92 Å². The van der Waals surface area contributed by atoms with E-state index in [0.29, 0.717) is 5.92 Å². The van der Waals surface area contributed by atoms with Crippen LogP contribution < -0.4 is 0 Å². The van der Waals surface area contributed by atoms with Crippen molar-refractivity contribution in [3.05, 3.63) is 35.8 Å². The molecule has 0 aliphatic carbocycles. The summed E-state index contributed by atoms with van der Waals surface area (Å²) in [7, 11) is 0. The van der Waals surface area contributed by atoms with Crippen molar-refractivity contribution in [3.63, 3.8) is 0 Å². The number of pyridine rings is 1. The Bertz CT molecular complexity index is 402. The van der Waals surface area contributed by atoms with Crippen molar-refractivity contribution in [1.82, 2.24) is 9.88 Å². The lowest BCUT2D eigenvalue weighted by Crippen LogP contribution is -2.34. The molecule has 3 heterocycles. The van der Waals surface area contributed by atoms with Gasteiger partial charge in [0.2, 0.25) is 0 Å². The van der Waals surface area contributed by atoms with Crippen LogP contribution in [-0.4, -0.2) is 34.2 Å². The molecule has 0 amide bonds. The van der Waals surface area contributed by atoms with Crippen LogP contribution in [0.2, 0.25) is 0 Å². The quantitative estimate of drug-likeness (QED) is 0.773. The van der Waals surface area contributed by atoms with Gasteiger partial charge >= 0.3 is 0 Å². The van der Waals surface area contributed by atoms with Crippen molar-refractivity contribution >= 4 is 6.08 Å². The lowest BCUT2D eigenvalue weighted by Gasteiger charge is -2.31. The number of aliphatic hydroxyl groups is 1. The Morgan fingerprint density at radius 3 is 3.25 bits per heavy atom. The summed E-state index contributed by atoms with van der Waals surface area (Å²) in [6.45, 7) is 2.21. The van der Waals surface area contributed by atoms with Crippen molar-refractivity contribution < 1.29 is 5.11 Å². The molecule has 2 saturated heterocycles. The van der Waals surface area contributed by atoms with Crippen LogP contribution >= 0.6 is 0 Å². The first-order valence-electron chi connectivity index (χ1n) is 5.87.